The van der Waals surface area contributed by atoms with Gasteiger partial charge in [0.25, 0.3) is 0 Å². The third-order valence-electron chi connectivity index (χ3n) is 10.6. The monoisotopic (exact) mass is 642 g/mol. The Hall–Kier alpha value is -3.81. The molecule has 5 aliphatic rings. The quantitative estimate of drug-likeness (QED) is 0.136. The van der Waals surface area contributed by atoms with Crippen LogP contribution >= 0.6 is 23.2 Å². The SMILES string of the molecule is CC(=O)Oc1cc2c(c3ccccc13)C(CCl)CN2C(=O)C12CC(CC(=O)N3CC(CCl)c4c3cc(O)c3ccccc43)(C1)C2. The van der Waals surface area contributed by atoms with Crippen LogP contribution in [0.4, 0.5) is 11.4 Å². The third kappa shape index (κ3) is 4.13. The van der Waals surface area contributed by atoms with Crippen molar-refractivity contribution >= 4 is 73.9 Å². The van der Waals surface area contributed by atoms with Crippen LogP contribution in [0.2, 0.25) is 0 Å². The standard InChI is InChI=1S/C36H32Cl2N2O5/c1-20(41)45-30-11-28-33(26-9-5-3-7-24(26)30)22(14-38)16-40(28)34(44)36-17-35(18-36,19-36)12-31(43)39-15-21(13-37)32-25-8-4-2-6-23(25)29(42)10-27(32)39/h2-11,21-22,42H,12-19H2,1H3. The first-order valence-corrected chi connectivity index (χ1v) is 16.5. The molecule has 7 nitrogen and oxygen atoms in total. The number of hydrogen-bond donors (Lipinski definition) is 1. The fourth-order valence-electron chi connectivity index (χ4n) is 8.87. The highest BCUT2D eigenvalue weighted by Gasteiger charge is 2.72. The van der Waals surface area contributed by atoms with Crippen LogP contribution in [0.15, 0.2) is 60.7 Å². The van der Waals surface area contributed by atoms with Crippen molar-refractivity contribution < 1.29 is 24.2 Å². The second-order valence-corrected chi connectivity index (χ2v) is 14.0. The molecular weight excluding hydrogens is 611 g/mol. The molecule has 2 aliphatic heterocycles. The number of aromatic hydroxyl groups is 1. The van der Waals surface area contributed by atoms with E-state index in [-0.39, 0.29) is 34.8 Å². The van der Waals surface area contributed by atoms with Gasteiger partial charge in [-0.05, 0) is 46.6 Å². The smallest absolute Gasteiger partial charge is 0.308 e. The number of carbonyl (C=O) groups is 3. The van der Waals surface area contributed by atoms with E-state index in [0.29, 0.717) is 56.3 Å². The van der Waals surface area contributed by atoms with Gasteiger partial charge in [-0.2, -0.15) is 0 Å². The number of nitrogens with zero attached hydrogens (tertiary/aromatic N) is 2. The van der Waals surface area contributed by atoms with Crippen molar-refractivity contribution in [3.8, 4) is 11.5 Å². The number of rotatable bonds is 6. The summed E-state index contributed by atoms with van der Waals surface area (Å²) in [5.41, 5.74) is 2.81. The van der Waals surface area contributed by atoms with Crippen LogP contribution in [0, 0.1) is 10.8 Å². The zero-order chi connectivity index (χ0) is 31.2. The van der Waals surface area contributed by atoms with E-state index in [2.05, 4.69) is 0 Å². The molecule has 2 atom stereocenters. The maximum absolute atomic E-state index is 14.2. The maximum Gasteiger partial charge on any atom is 0.308 e. The van der Waals surface area contributed by atoms with Crippen LogP contribution in [0.5, 0.6) is 11.5 Å². The molecule has 9 heteroatoms. The van der Waals surface area contributed by atoms with E-state index < -0.39 is 11.4 Å². The Morgan fingerprint density at radius 2 is 1.36 bits per heavy atom. The first-order valence-electron chi connectivity index (χ1n) is 15.4. The zero-order valence-electron chi connectivity index (χ0n) is 24.8. The van der Waals surface area contributed by atoms with Gasteiger partial charge in [-0.1, -0.05) is 48.5 Å². The minimum Gasteiger partial charge on any atom is -0.507 e. The molecule has 2 amide bonds. The molecule has 9 rings (SSSR count). The Balaban J connectivity index is 1.03. The molecule has 4 aromatic rings. The minimum atomic E-state index is -0.498. The Morgan fingerprint density at radius 1 is 0.822 bits per heavy atom. The molecule has 0 radical (unpaired) electrons. The van der Waals surface area contributed by atoms with Crippen LogP contribution in [-0.2, 0) is 14.4 Å². The lowest BCUT2D eigenvalue weighted by Gasteiger charge is -2.70. The molecule has 0 aromatic heterocycles. The molecular formula is C36H32Cl2N2O5. The number of alkyl halides is 2. The van der Waals surface area contributed by atoms with Crippen molar-refractivity contribution in [3.63, 3.8) is 0 Å². The number of carbonyl (C=O) groups excluding carboxylic acids is 3. The summed E-state index contributed by atoms with van der Waals surface area (Å²) in [6, 6.07) is 18.9. The Morgan fingerprint density at radius 3 is 1.96 bits per heavy atom. The average Bonchev–Trinajstić information content (AvgIpc) is 3.56. The highest BCUT2D eigenvalue weighted by Crippen LogP contribution is 2.76. The highest BCUT2D eigenvalue weighted by atomic mass is 35.5. The van der Waals surface area contributed by atoms with Crippen molar-refractivity contribution in [1.82, 2.24) is 0 Å². The summed E-state index contributed by atoms with van der Waals surface area (Å²) in [5.74, 6) is 0.913. The molecule has 3 saturated carbocycles. The van der Waals surface area contributed by atoms with Gasteiger partial charge in [0.15, 0.2) is 0 Å². The molecule has 2 bridgehead atoms. The zero-order valence-corrected chi connectivity index (χ0v) is 26.3. The van der Waals surface area contributed by atoms with Crippen molar-refractivity contribution in [2.45, 2.75) is 44.4 Å². The van der Waals surface area contributed by atoms with Gasteiger partial charge < -0.3 is 19.6 Å². The first kappa shape index (κ1) is 28.6. The topological polar surface area (TPSA) is 87.2 Å². The molecule has 2 heterocycles. The van der Waals surface area contributed by atoms with Gasteiger partial charge in [-0.3, -0.25) is 14.4 Å². The summed E-state index contributed by atoms with van der Waals surface area (Å²) in [5, 5.41) is 14.2. The summed E-state index contributed by atoms with van der Waals surface area (Å²) >= 11 is 12.8. The number of esters is 1. The predicted molar refractivity (Wildman–Crippen MR) is 176 cm³/mol. The average molecular weight is 644 g/mol. The van der Waals surface area contributed by atoms with E-state index in [0.717, 1.165) is 44.0 Å². The summed E-state index contributed by atoms with van der Waals surface area (Å²) in [7, 11) is 0. The van der Waals surface area contributed by atoms with Gasteiger partial charge in [-0.25, -0.2) is 0 Å². The van der Waals surface area contributed by atoms with Crippen LogP contribution < -0.4 is 14.5 Å². The lowest BCUT2D eigenvalue weighted by molar-refractivity contribution is -0.207. The molecule has 230 valence electrons. The number of phenolic OH excluding ortho intramolecular Hbond substituents is 1. The fraction of sp³-hybridized carbons (Fsp3) is 0.361. The number of amides is 2. The highest BCUT2D eigenvalue weighted by molar-refractivity contribution is 6.19. The lowest BCUT2D eigenvalue weighted by Crippen LogP contribution is -2.69. The van der Waals surface area contributed by atoms with E-state index >= 15 is 0 Å². The predicted octanol–water partition coefficient (Wildman–Crippen LogP) is 7.22. The molecule has 2 unspecified atom stereocenters. The van der Waals surface area contributed by atoms with Gasteiger partial charge in [0, 0.05) is 72.9 Å². The molecule has 3 fully saturated rings. The Bertz CT molecular complexity index is 1940. The molecule has 4 aromatic carbocycles. The summed E-state index contributed by atoms with van der Waals surface area (Å²) < 4.78 is 5.59. The normalized spacial score (nSPS) is 25.9. The number of fused-ring (bicyclic) bond motifs is 6. The van der Waals surface area contributed by atoms with E-state index in [1.165, 1.54) is 6.92 Å². The van der Waals surface area contributed by atoms with Gasteiger partial charge in [0.1, 0.15) is 11.5 Å². The lowest BCUT2D eigenvalue weighted by atomic mass is 9.34. The number of benzene rings is 4. The van der Waals surface area contributed by atoms with Gasteiger partial charge in [0.2, 0.25) is 11.8 Å². The number of phenols is 1. The van der Waals surface area contributed by atoms with Crippen molar-refractivity contribution in [3.05, 3.63) is 71.8 Å². The molecule has 45 heavy (non-hydrogen) atoms. The summed E-state index contributed by atoms with van der Waals surface area (Å²) in [4.78, 5) is 43.6. The molecule has 0 spiro atoms. The number of anilines is 2. The van der Waals surface area contributed by atoms with E-state index in [1.807, 2.05) is 59.5 Å². The van der Waals surface area contributed by atoms with Crippen LogP contribution in [-0.4, -0.2) is 47.7 Å². The fourth-order valence-corrected chi connectivity index (χ4v) is 9.38. The van der Waals surface area contributed by atoms with Crippen molar-refractivity contribution in [2.75, 3.05) is 34.6 Å². The molecule has 1 N–H and O–H groups in total. The summed E-state index contributed by atoms with van der Waals surface area (Å²) in [6.07, 6.45) is 2.34. The third-order valence-corrected chi connectivity index (χ3v) is 11.3. The van der Waals surface area contributed by atoms with Gasteiger partial charge in [0.05, 0.1) is 16.8 Å². The Labute approximate surface area is 270 Å². The second-order valence-electron chi connectivity index (χ2n) is 13.4. The molecule has 3 aliphatic carbocycles. The Kier molecular flexibility index (Phi) is 6.43. The van der Waals surface area contributed by atoms with E-state index in [9.17, 15) is 19.5 Å². The van der Waals surface area contributed by atoms with Crippen molar-refractivity contribution in [1.29, 1.82) is 0 Å². The largest absolute Gasteiger partial charge is 0.507 e. The van der Waals surface area contributed by atoms with Crippen molar-refractivity contribution in [2.24, 2.45) is 10.8 Å². The number of ether oxygens (including phenoxy) is 1. The number of hydrogen-bond acceptors (Lipinski definition) is 5. The summed E-state index contributed by atoms with van der Waals surface area (Å²) in [6.45, 7) is 2.32. The van der Waals surface area contributed by atoms with Gasteiger partial charge in [-0.15, -0.1) is 23.2 Å². The second kappa shape index (κ2) is 10.1. The molecule has 0 saturated heterocycles. The van der Waals surface area contributed by atoms with Crippen LogP contribution in [0.3, 0.4) is 0 Å². The maximum atomic E-state index is 14.2. The number of halogens is 2. The van der Waals surface area contributed by atoms with E-state index in [1.54, 1.807) is 11.0 Å². The minimum absolute atomic E-state index is 0.00510. The van der Waals surface area contributed by atoms with E-state index in [4.69, 9.17) is 27.9 Å². The van der Waals surface area contributed by atoms with Crippen LogP contribution in [0.1, 0.15) is 55.6 Å². The van der Waals surface area contributed by atoms with Gasteiger partial charge >= 0.3 is 5.97 Å². The first-order chi connectivity index (χ1) is 21.7. The van der Waals surface area contributed by atoms with Crippen LogP contribution in [0.25, 0.3) is 21.5 Å².